The van der Waals surface area contributed by atoms with Gasteiger partial charge in [-0.1, -0.05) is 30.8 Å². The van der Waals surface area contributed by atoms with Gasteiger partial charge in [0.15, 0.2) is 5.76 Å². The van der Waals surface area contributed by atoms with Crippen LogP contribution >= 0.6 is 0 Å². The highest BCUT2D eigenvalue weighted by molar-refractivity contribution is 5.17. The highest BCUT2D eigenvalue weighted by atomic mass is 16.5. The average Bonchev–Trinajstić information content (AvgIpc) is 4.14. The minimum absolute atomic E-state index is 0.613. The van der Waals surface area contributed by atoms with Crippen LogP contribution in [-0.2, 0) is 17.7 Å². The van der Waals surface area contributed by atoms with Crippen LogP contribution in [0, 0.1) is 35.5 Å². The molecule has 12 rings (SSSR count). The standard InChI is InChI=1S/C11H21N.C10H20N2.C10H19NO.C10H19N.C9H18N2.C8H12N2O/c1-9-7-8-10-5-3-4-6-11(10)12(9)2;1-8-5-6-9-10(12(8)2)4-3-7-11-9;1-8-3-4-9-7-12-6-5-10(9)11(8)2;1-8-6-9-4-3-5-10(9)7-11(8)2;1-7-3-8-4-10-5-9(8)6-11(7)2;1-6-3-7-4-9-11-8(7)5-10(6)2/h9-11H,3-8H2,1-2H3;8-11H,3-7H2,1-2H3;8-10H,3-7H2,1-2H3;8-10H,3-7H2,1-2H3;7-10H,3-6H2,1-2H3;4,6H,3,5H2,1-2H3. The lowest BCUT2D eigenvalue weighted by atomic mass is 9.77. The molecule has 2 aliphatic carbocycles. The molecule has 16 atom stereocenters. The third-order valence-corrected chi connectivity index (χ3v) is 20.8. The number of likely N-dealkylation sites (N-methyl/N-ethyl adjacent to an activating group) is 2. The highest BCUT2D eigenvalue weighted by Gasteiger charge is 2.38. The van der Waals surface area contributed by atoms with Gasteiger partial charge in [-0.3, -0.25) is 9.80 Å². The Morgan fingerprint density at radius 2 is 1.09 bits per heavy atom. The molecular weight excluding hydrogens is 855 g/mol. The molecule has 0 aromatic carbocycles. The summed E-state index contributed by atoms with van der Waals surface area (Å²) in [5, 5.41) is 10.9. The fourth-order valence-electron chi connectivity index (χ4n) is 15.0. The Hall–Kier alpha value is -1.15. The summed E-state index contributed by atoms with van der Waals surface area (Å²) in [7, 11) is 13.5. The van der Waals surface area contributed by atoms with E-state index in [1.165, 1.54) is 154 Å². The van der Waals surface area contributed by atoms with E-state index in [1.807, 2.05) is 6.20 Å². The Labute approximate surface area is 424 Å². The van der Waals surface area contributed by atoms with Gasteiger partial charge in [0.05, 0.1) is 19.3 Å². The van der Waals surface area contributed by atoms with Gasteiger partial charge in [0, 0.05) is 85.7 Å². The molecule has 0 spiro atoms. The summed E-state index contributed by atoms with van der Waals surface area (Å²) in [4.78, 5) is 15.1. The summed E-state index contributed by atoms with van der Waals surface area (Å²) in [6.45, 7) is 23.3. The maximum atomic E-state index is 5.50. The zero-order chi connectivity index (χ0) is 49.2. The van der Waals surface area contributed by atoms with E-state index in [9.17, 15) is 0 Å². The van der Waals surface area contributed by atoms with Gasteiger partial charge in [0.25, 0.3) is 0 Å². The number of aromatic nitrogens is 1. The van der Waals surface area contributed by atoms with Crippen molar-refractivity contribution in [3.8, 4) is 0 Å². The number of hydrogen-bond acceptors (Lipinski definition) is 11. The number of piperidine rings is 6. The molecule has 11 aliphatic rings. The van der Waals surface area contributed by atoms with Crippen LogP contribution in [0.15, 0.2) is 10.7 Å². The van der Waals surface area contributed by atoms with Gasteiger partial charge >= 0.3 is 0 Å². The SMILES string of the molecule is CC1CC2CCCC2CN1C.CC1CC2CNCC2CN1C.CC1CCC2CCCCC2N1C.CC1CCC2COCCC2N1C.CC1CCC2NCCCC2N1C.CC1Cc2cnoc2CN1C. The Kier molecular flexibility index (Phi) is 21.7. The first-order chi connectivity index (χ1) is 33.2. The molecule has 10 heterocycles. The van der Waals surface area contributed by atoms with Crippen LogP contribution in [0.25, 0.3) is 0 Å². The zero-order valence-electron chi connectivity index (χ0n) is 46.9. The van der Waals surface area contributed by atoms with Gasteiger partial charge < -0.3 is 39.5 Å². The van der Waals surface area contributed by atoms with Crippen molar-refractivity contribution < 1.29 is 9.26 Å². The second-order valence-electron chi connectivity index (χ2n) is 25.3. The van der Waals surface area contributed by atoms with E-state index < -0.39 is 0 Å². The summed E-state index contributed by atoms with van der Waals surface area (Å²) in [5.74, 6) is 6.94. The third kappa shape index (κ3) is 15.0. The zero-order valence-corrected chi connectivity index (χ0v) is 46.9. The Morgan fingerprint density at radius 1 is 0.507 bits per heavy atom. The first-order valence-electron chi connectivity index (χ1n) is 29.4. The summed E-state index contributed by atoms with van der Waals surface area (Å²) in [6.07, 6.45) is 28.6. The van der Waals surface area contributed by atoms with Crippen molar-refractivity contribution in [1.82, 2.24) is 45.2 Å². The average molecular weight is 965 g/mol. The van der Waals surface area contributed by atoms with Crippen molar-refractivity contribution in [2.75, 3.05) is 88.2 Å². The molecule has 11 nitrogen and oxygen atoms in total. The molecule has 8 saturated heterocycles. The molecule has 398 valence electrons. The second-order valence-corrected chi connectivity index (χ2v) is 25.3. The predicted molar refractivity (Wildman–Crippen MR) is 288 cm³/mol. The minimum atomic E-state index is 0.613. The van der Waals surface area contributed by atoms with Gasteiger partial charge in [0.1, 0.15) is 0 Å². The fraction of sp³-hybridized carbons (Fsp3) is 0.948. The van der Waals surface area contributed by atoms with Crippen LogP contribution in [0.1, 0.15) is 168 Å². The van der Waals surface area contributed by atoms with E-state index in [4.69, 9.17) is 9.26 Å². The summed E-state index contributed by atoms with van der Waals surface area (Å²) in [5.41, 5.74) is 1.27. The number of nitrogens with zero attached hydrogens (tertiary/aromatic N) is 7. The minimum Gasteiger partial charge on any atom is -0.381 e. The van der Waals surface area contributed by atoms with Crippen LogP contribution in [0.2, 0.25) is 0 Å². The molecule has 9 aliphatic heterocycles. The first kappa shape index (κ1) is 55.6. The normalized spacial score (nSPS) is 41.6. The quantitative estimate of drug-likeness (QED) is 0.262. The van der Waals surface area contributed by atoms with Crippen LogP contribution in [0.5, 0.6) is 0 Å². The molecular formula is C58H109N9O2. The highest BCUT2D eigenvalue weighted by Crippen LogP contribution is 2.40. The van der Waals surface area contributed by atoms with Crippen LogP contribution < -0.4 is 10.6 Å². The number of hydrogen-bond donors (Lipinski definition) is 2. The Morgan fingerprint density at radius 3 is 1.83 bits per heavy atom. The van der Waals surface area contributed by atoms with E-state index in [0.717, 1.165) is 122 Å². The third-order valence-electron chi connectivity index (χ3n) is 20.8. The van der Waals surface area contributed by atoms with Crippen molar-refractivity contribution >= 4 is 0 Å². The molecule has 2 N–H and O–H groups in total. The maximum absolute atomic E-state index is 5.50. The summed E-state index contributed by atoms with van der Waals surface area (Å²) < 4.78 is 10.6. The molecule has 11 heteroatoms. The van der Waals surface area contributed by atoms with Gasteiger partial charge in [-0.05, 0) is 235 Å². The Balaban J connectivity index is 0.000000122. The van der Waals surface area contributed by atoms with Crippen molar-refractivity contribution in [3.05, 3.63) is 17.5 Å². The number of nitrogens with one attached hydrogen (secondary N) is 2. The fourth-order valence-corrected chi connectivity index (χ4v) is 15.0. The van der Waals surface area contributed by atoms with E-state index in [1.54, 1.807) is 0 Å². The van der Waals surface area contributed by atoms with E-state index >= 15 is 0 Å². The maximum Gasteiger partial charge on any atom is 0.153 e. The smallest absolute Gasteiger partial charge is 0.153 e. The monoisotopic (exact) mass is 964 g/mol. The Bertz CT molecular complexity index is 1430. The molecule has 0 bridgehead atoms. The molecule has 0 amide bonds. The topological polar surface area (TPSA) is 78.8 Å². The largest absolute Gasteiger partial charge is 0.381 e. The van der Waals surface area contributed by atoms with Gasteiger partial charge in [-0.15, -0.1) is 0 Å². The number of fused-ring (bicyclic) bond motifs is 6. The van der Waals surface area contributed by atoms with Crippen molar-refractivity contribution in [3.63, 3.8) is 0 Å². The van der Waals surface area contributed by atoms with E-state index in [-0.39, 0.29) is 0 Å². The van der Waals surface area contributed by atoms with Gasteiger partial charge in [0.2, 0.25) is 0 Å². The summed E-state index contributed by atoms with van der Waals surface area (Å²) >= 11 is 0. The van der Waals surface area contributed by atoms with Crippen LogP contribution in [-0.4, -0.2) is 183 Å². The molecule has 1 aromatic heterocycles. The molecule has 16 unspecified atom stereocenters. The van der Waals surface area contributed by atoms with Gasteiger partial charge in [-0.2, -0.15) is 0 Å². The predicted octanol–water partition coefficient (Wildman–Crippen LogP) is 9.11. The second kappa shape index (κ2) is 26.9. The van der Waals surface area contributed by atoms with E-state index in [2.05, 4.69) is 129 Å². The number of ether oxygens (including phenoxy) is 1. The van der Waals surface area contributed by atoms with Gasteiger partial charge in [-0.25, -0.2) is 0 Å². The van der Waals surface area contributed by atoms with Crippen molar-refractivity contribution in [2.24, 2.45) is 35.5 Å². The van der Waals surface area contributed by atoms with E-state index in [0.29, 0.717) is 6.04 Å². The molecule has 2 saturated carbocycles. The molecule has 69 heavy (non-hydrogen) atoms. The first-order valence-corrected chi connectivity index (χ1v) is 29.4. The van der Waals surface area contributed by atoms with Crippen LogP contribution in [0.3, 0.4) is 0 Å². The lowest BCUT2D eigenvalue weighted by Crippen LogP contribution is -2.58. The number of rotatable bonds is 0. The molecule has 10 fully saturated rings. The number of likely N-dealkylation sites (tertiary alicyclic amines) is 5. The molecule has 0 radical (unpaired) electrons. The summed E-state index contributed by atoms with van der Waals surface area (Å²) in [6, 6.07) is 8.03. The van der Waals surface area contributed by atoms with Crippen LogP contribution in [0.4, 0.5) is 0 Å². The molecule has 1 aromatic rings. The van der Waals surface area contributed by atoms with Crippen molar-refractivity contribution in [2.45, 2.75) is 231 Å². The van der Waals surface area contributed by atoms with Crippen molar-refractivity contribution in [1.29, 1.82) is 0 Å². The lowest BCUT2D eigenvalue weighted by Gasteiger charge is -2.46. The lowest BCUT2D eigenvalue weighted by molar-refractivity contribution is -0.0429.